The molecule has 1 fully saturated rings. The second kappa shape index (κ2) is 12.4. The lowest BCUT2D eigenvalue weighted by molar-refractivity contribution is 0.167. The number of nitrogens with zero attached hydrogens (tertiary/aromatic N) is 3. The molecule has 5 nitrogen and oxygen atoms in total. The summed E-state index contributed by atoms with van der Waals surface area (Å²) in [6.45, 7) is 14.1. The van der Waals surface area contributed by atoms with Gasteiger partial charge in [-0.3, -0.25) is 4.99 Å². The molecule has 1 heterocycles. The molecule has 27 heavy (non-hydrogen) atoms. The number of hydrogen-bond acceptors (Lipinski definition) is 3. The maximum atomic E-state index is 4.41. The smallest absolute Gasteiger partial charge is 0.191 e. The Morgan fingerprint density at radius 2 is 2.00 bits per heavy atom. The van der Waals surface area contributed by atoms with Crippen molar-refractivity contribution in [2.45, 2.75) is 52.6 Å². The highest BCUT2D eigenvalue weighted by Gasteiger charge is 2.21. The lowest BCUT2D eigenvalue weighted by Crippen LogP contribution is -2.50. The van der Waals surface area contributed by atoms with E-state index in [9.17, 15) is 0 Å². The molecule has 0 aromatic heterocycles. The van der Waals surface area contributed by atoms with Crippen LogP contribution in [0.25, 0.3) is 0 Å². The van der Waals surface area contributed by atoms with Gasteiger partial charge in [-0.2, -0.15) is 0 Å². The first-order valence-corrected chi connectivity index (χ1v) is 10.1. The van der Waals surface area contributed by atoms with Crippen molar-refractivity contribution in [1.82, 2.24) is 15.5 Å². The van der Waals surface area contributed by atoms with Gasteiger partial charge >= 0.3 is 0 Å². The van der Waals surface area contributed by atoms with E-state index in [1.807, 2.05) is 7.05 Å². The quantitative estimate of drug-likeness (QED) is 0.351. The zero-order valence-corrected chi connectivity index (χ0v) is 20.0. The van der Waals surface area contributed by atoms with Crippen molar-refractivity contribution in [3.05, 3.63) is 29.8 Å². The van der Waals surface area contributed by atoms with E-state index < -0.39 is 0 Å². The van der Waals surface area contributed by atoms with Gasteiger partial charge in [-0.15, -0.1) is 24.0 Å². The van der Waals surface area contributed by atoms with Crippen molar-refractivity contribution in [1.29, 1.82) is 0 Å². The van der Waals surface area contributed by atoms with Gasteiger partial charge in [0.2, 0.25) is 0 Å². The second-order valence-electron chi connectivity index (χ2n) is 7.47. The molecule has 0 aliphatic carbocycles. The van der Waals surface area contributed by atoms with Gasteiger partial charge in [-0.05, 0) is 58.2 Å². The molecule has 2 rings (SSSR count). The van der Waals surface area contributed by atoms with Gasteiger partial charge in [0.05, 0.1) is 0 Å². The fourth-order valence-corrected chi connectivity index (χ4v) is 3.55. The van der Waals surface area contributed by atoms with E-state index in [-0.39, 0.29) is 24.0 Å². The van der Waals surface area contributed by atoms with Gasteiger partial charge in [0.1, 0.15) is 0 Å². The van der Waals surface area contributed by atoms with Crippen LogP contribution >= 0.6 is 24.0 Å². The predicted molar refractivity (Wildman–Crippen MR) is 129 cm³/mol. The molecule has 1 saturated heterocycles. The van der Waals surface area contributed by atoms with Crippen molar-refractivity contribution < 1.29 is 0 Å². The van der Waals surface area contributed by atoms with Gasteiger partial charge in [0.15, 0.2) is 5.96 Å². The van der Waals surface area contributed by atoms with Gasteiger partial charge in [0.25, 0.3) is 0 Å². The average molecular weight is 487 g/mol. The SMILES string of the molecule is CCN(CCNC(=NC)NC1CCN(C(C)C)CC1)c1cccc(C)c1.I. The molecule has 1 aliphatic rings. The fraction of sp³-hybridized carbons (Fsp3) is 0.667. The molecule has 0 unspecified atom stereocenters. The first-order valence-electron chi connectivity index (χ1n) is 10.1. The summed E-state index contributed by atoms with van der Waals surface area (Å²) in [7, 11) is 1.86. The highest BCUT2D eigenvalue weighted by molar-refractivity contribution is 14.0. The van der Waals surface area contributed by atoms with Gasteiger partial charge in [-0.1, -0.05) is 12.1 Å². The van der Waals surface area contributed by atoms with E-state index in [1.165, 1.54) is 37.2 Å². The Kier molecular flexibility index (Phi) is 11.1. The lowest BCUT2D eigenvalue weighted by Gasteiger charge is -2.35. The number of likely N-dealkylation sites (tertiary alicyclic amines) is 1. The van der Waals surface area contributed by atoms with E-state index in [2.05, 4.69) is 77.4 Å². The molecule has 2 N–H and O–H groups in total. The van der Waals surface area contributed by atoms with Crippen molar-refractivity contribution in [3.8, 4) is 0 Å². The third-order valence-electron chi connectivity index (χ3n) is 5.25. The van der Waals surface area contributed by atoms with Crippen molar-refractivity contribution in [2.75, 3.05) is 44.7 Å². The Hall–Kier alpha value is -1.02. The van der Waals surface area contributed by atoms with Crippen LogP contribution in [-0.2, 0) is 0 Å². The summed E-state index contributed by atoms with van der Waals surface area (Å²) >= 11 is 0. The minimum Gasteiger partial charge on any atom is -0.370 e. The summed E-state index contributed by atoms with van der Waals surface area (Å²) in [5, 5.41) is 7.08. The van der Waals surface area contributed by atoms with Crippen molar-refractivity contribution in [2.24, 2.45) is 4.99 Å². The predicted octanol–water partition coefficient (Wildman–Crippen LogP) is 3.48. The second-order valence-corrected chi connectivity index (χ2v) is 7.47. The number of guanidine groups is 1. The van der Waals surface area contributed by atoms with Crippen LogP contribution in [0, 0.1) is 6.92 Å². The normalized spacial score (nSPS) is 16.1. The number of aryl methyl sites for hydroxylation is 1. The molecule has 0 radical (unpaired) electrons. The van der Waals surface area contributed by atoms with E-state index in [1.54, 1.807) is 0 Å². The molecule has 0 saturated carbocycles. The van der Waals surface area contributed by atoms with Crippen LogP contribution in [0.2, 0.25) is 0 Å². The van der Waals surface area contributed by atoms with Crippen LogP contribution in [0.1, 0.15) is 39.2 Å². The number of benzene rings is 1. The largest absolute Gasteiger partial charge is 0.370 e. The number of hydrogen-bond donors (Lipinski definition) is 2. The monoisotopic (exact) mass is 487 g/mol. The van der Waals surface area contributed by atoms with Crippen LogP contribution in [0.3, 0.4) is 0 Å². The van der Waals surface area contributed by atoms with Crippen molar-refractivity contribution in [3.63, 3.8) is 0 Å². The topological polar surface area (TPSA) is 42.9 Å². The minimum absolute atomic E-state index is 0. The van der Waals surface area contributed by atoms with Crippen LogP contribution in [0.4, 0.5) is 5.69 Å². The Bertz CT molecular complexity index is 567. The number of piperidine rings is 1. The Labute approximate surface area is 183 Å². The third-order valence-corrected chi connectivity index (χ3v) is 5.25. The third kappa shape index (κ3) is 7.86. The van der Waals surface area contributed by atoms with Crippen LogP contribution in [-0.4, -0.2) is 62.7 Å². The maximum Gasteiger partial charge on any atom is 0.191 e. The van der Waals surface area contributed by atoms with E-state index >= 15 is 0 Å². The maximum absolute atomic E-state index is 4.41. The molecule has 0 spiro atoms. The summed E-state index contributed by atoms with van der Waals surface area (Å²) < 4.78 is 0. The molecule has 6 heteroatoms. The molecule has 0 atom stereocenters. The fourth-order valence-electron chi connectivity index (χ4n) is 3.55. The first kappa shape index (κ1) is 24.0. The summed E-state index contributed by atoms with van der Waals surface area (Å²) in [6.07, 6.45) is 2.37. The summed E-state index contributed by atoms with van der Waals surface area (Å²) in [6, 6.07) is 9.88. The molecule has 0 amide bonds. The van der Waals surface area contributed by atoms with E-state index in [0.29, 0.717) is 12.1 Å². The number of anilines is 1. The average Bonchev–Trinajstić information content (AvgIpc) is 2.64. The molecule has 154 valence electrons. The molecule has 0 bridgehead atoms. The summed E-state index contributed by atoms with van der Waals surface area (Å²) in [5.41, 5.74) is 2.59. The number of nitrogens with one attached hydrogen (secondary N) is 2. The molecular formula is C21H38IN5. The lowest BCUT2D eigenvalue weighted by atomic mass is 10.0. The molecule has 1 aliphatic heterocycles. The minimum atomic E-state index is 0. The first-order chi connectivity index (χ1) is 12.5. The number of aliphatic imine (C=N–C) groups is 1. The van der Waals surface area contributed by atoms with Crippen LogP contribution in [0.15, 0.2) is 29.3 Å². The summed E-state index contributed by atoms with van der Waals surface area (Å²) in [4.78, 5) is 9.36. The number of likely N-dealkylation sites (N-methyl/N-ethyl adjacent to an activating group) is 1. The van der Waals surface area contributed by atoms with Gasteiger partial charge < -0.3 is 20.4 Å². The Morgan fingerprint density at radius 1 is 1.30 bits per heavy atom. The highest BCUT2D eigenvalue weighted by Crippen LogP contribution is 2.15. The van der Waals surface area contributed by atoms with Gasteiger partial charge in [-0.25, -0.2) is 0 Å². The standard InChI is InChI=1S/C21H37N5.HI/c1-6-25(20-9-7-8-18(4)16-20)15-12-23-21(22-5)24-19-10-13-26(14-11-19)17(2)3;/h7-9,16-17,19H,6,10-15H2,1-5H3,(H2,22,23,24);1H. The van der Waals surface area contributed by atoms with Crippen LogP contribution < -0.4 is 15.5 Å². The zero-order chi connectivity index (χ0) is 18.9. The Morgan fingerprint density at radius 3 is 2.56 bits per heavy atom. The molecule has 1 aromatic carbocycles. The molecule has 1 aromatic rings. The Balaban J connectivity index is 0.00000364. The van der Waals surface area contributed by atoms with Crippen molar-refractivity contribution >= 4 is 35.6 Å². The van der Waals surface area contributed by atoms with E-state index in [0.717, 1.165) is 25.6 Å². The summed E-state index contributed by atoms with van der Waals surface area (Å²) in [5.74, 6) is 0.924. The molecular weight excluding hydrogens is 449 g/mol. The highest BCUT2D eigenvalue weighted by atomic mass is 127. The zero-order valence-electron chi connectivity index (χ0n) is 17.7. The van der Waals surface area contributed by atoms with Crippen LogP contribution in [0.5, 0.6) is 0 Å². The number of rotatable bonds is 7. The van der Waals surface area contributed by atoms with E-state index in [4.69, 9.17) is 0 Å². The number of halogens is 1. The van der Waals surface area contributed by atoms with Gasteiger partial charge in [0, 0.05) is 57.5 Å².